The van der Waals surface area contributed by atoms with Crippen LogP contribution in [0, 0.1) is 5.41 Å². The molecule has 4 nitrogen and oxygen atoms in total. The van der Waals surface area contributed by atoms with Crippen LogP contribution in [0.1, 0.15) is 50.0 Å². The average molecular weight is 261 g/mol. The van der Waals surface area contributed by atoms with Gasteiger partial charge in [-0.25, -0.2) is 4.98 Å². The molecule has 0 aliphatic carbocycles. The van der Waals surface area contributed by atoms with Crippen LogP contribution in [0.5, 0.6) is 0 Å². The van der Waals surface area contributed by atoms with Gasteiger partial charge in [-0.15, -0.1) is 0 Å². The summed E-state index contributed by atoms with van der Waals surface area (Å²) in [6.07, 6.45) is 6.14. The van der Waals surface area contributed by atoms with Crippen molar-refractivity contribution in [1.29, 1.82) is 0 Å². The van der Waals surface area contributed by atoms with Crippen LogP contribution in [-0.2, 0) is 0 Å². The topological polar surface area (TPSA) is 59.2 Å². The Kier molecular flexibility index (Phi) is 4.08. The lowest BCUT2D eigenvalue weighted by molar-refractivity contribution is 0.0552. The lowest BCUT2D eigenvalue weighted by Gasteiger charge is -2.40. The van der Waals surface area contributed by atoms with Gasteiger partial charge < -0.3 is 10.6 Å². The molecule has 1 saturated heterocycles. The lowest BCUT2D eigenvalue weighted by Crippen LogP contribution is -2.43. The van der Waals surface area contributed by atoms with Crippen LogP contribution < -0.4 is 5.73 Å². The first-order chi connectivity index (χ1) is 9.10. The molecule has 2 heterocycles. The van der Waals surface area contributed by atoms with E-state index < -0.39 is 0 Å². The number of pyridine rings is 1. The Morgan fingerprint density at radius 1 is 1.32 bits per heavy atom. The Morgan fingerprint density at radius 2 is 1.95 bits per heavy atom. The van der Waals surface area contributed by atoms with Crippen LogP contribution in [0.2, 0.25) is 0 Å². The molecule has 1 aromatic heterocycles. The molecule has 1 aliphatic rings. The number of carbonyl (C=O) groups is 1. The molecule has 0 aromatic carbocycles. The van der Waals surface area contributed by atoms with E-state index in [0.29, 0.717) is 16.8 Å². The molecule has 0 atom stereocenters. The van der Waals surface area contributed by atoms with E-state index in [1.165, 1.54) is 12.8 Å². The normalized spacial score (nSPS) is 18.3. The molecule has 2 rings (SSSR count). The molecule has 0 saturated carbocycles. The number of nitrogens with zero attached hydrogens (tertiary/aromatic N) is 2. The predicted octanol–water partition coefficient (Wildman–Crippen LogP) is 2.71. The second-order valence-corrected chi connectivity index (χ2v) is 5.48. The van der Waals surface area contributed by atoms with E-state index in [9.17, 15) is 4.79 Å². The number of anilines is 1. The highest BCUT2D eigenvalue weighted by Crippen LogP contribution is 2.38. The van der Waals surface area contributed by atoms with Crippen molar-refractivity contribution in [2.75, 3.05) is 18.8 Å². The van der Waals surface area contributed by atoms with E-state index >= 15 is 0 Å². The van der Waals surface area contributed by atoms with Crippen molar-refractivity contribution in [3.63, 3.8) is 0 Å². The van der Waals surface area contributed by atoms with Gasteiger partial charge in [-0.05, 0) is 30.4 Å². The van der Waals surface area contributed by atoms with Gasteiger partial charge >= 0.3 is 0 Å². The summed E-state index contributed by atoms with van der Waals surface area (Å²) in [6.45, 7) is 6.18. The number of nitrogen functional groups attached to an aromatic ring is 1. The fourth-order valence-electron chi connectivity index (χ4n) is 2.84. The van der Waals surface area contributed by atoms with Gasteiger partial charge in [0.1, 0.15) is 5.69 Å². The van der Waals surface area contributed by atoms with E-state index in [4.69, 9.17) is 5.73 Å². The van der Waals surface area contributed by atoms with Crippen LogP contribution >= 0.6 is 0 Å². The summed E-state index contributed by atoms with van der Waals surface area (Å²) in [6, 6.07) is 3.44. The second-order valence-electron chi connectivity index (χ2n) is 5.48. The summed E-state index contributed by atoms with van der Waals surface area (Å²) in [5.41, 5.74) is 7.11. The Hall–Kier alpha value is -1.58. The third kappa shape index (κ3) is 2.88. The molecule has 1 amide bonds. The molecule has 0 spiro atoms. The smallest absolute Gasteiger partial charge is 0.272 e. The minimum absolute atomic E-state index is 0.0285. The van der Waals surface area contributed by atoms with E-state index in [1.807, 2.05) is 4.90 Å². The van der Waals surface area contributed by atoms with E-state index in [0.717, 1.165) is 25.9 Å². The molecule has 0 bridgehead atoms. The number of amides is 1. The maximum atomic E-state index is 12.3. The largest absolute Gasteiger partial charge is 0.397 e. The molecule has 0 unspecified atom stereocenters. The number of aromatic nitrogens is 1. The van der Waals surface area contributed by atoms with Crippen molar-refractivity contribution < 1.29 is 4.79 Å². The van der Waals surface area contributed by atoms with E-state index in [-0.39, 0.29) is 5.91 Å². The van der Waals surface area contributed by atoms with Crippen LogP contribution in [-0.4, -0.2) is 28.9 Å². The standard InChI is InChI=1S/C15H23N3O/c1-3-15(4-2)7-9-18(10-8-15)14(19)13-6-5-12(16)11-17-13/h5-6,11H,3-4,7-10,16H2,1-2H3. The van der Waals surface area contributed by atoms with Crippen LogP contribution in [0.25, 0.3) is 0 Å². The van der Waals surface area contributed by atoms with E-state index in [2.05, 4.69) is 18.8 Å². The van der Waals surface area contributed by atoms with Crippen molar-refractivity contribution in [3.8, 4) is 0 Å². The van der Waals surface area contributed by atoms with Crippen LogP contribution in [0.15, 0.2) is 18.3 Å². The molecule has 1 fully saturated rings. The number of rotatable bonds is 3. The summed E-state index contributed by atoms with van der Waals surface area (Å²) in [5, 5.41) is 0. The van der Waals surface area contributed by atoms with Crippen LogP contribution in [0.3, 0.4) is 0 Å². The first kappa shape index (κ1) is 13.8. The molecule has 2 N–H and O–H groups in total. The highest BCUT2D eigenvalue weighted by Gasteiger charge is 2.33. The number of piperidine rings is 1. The molecule has 0 radical (unpaired) electrons. The Balaban J connectivity index is 2.01. The zero-order chi connectivity index (χ0) is 13.9. The van der Waals surface area contributed by atoms with Gasteiger partial charge in [0.15, 0.2) is 0 Å². The predicted molar refractivity (Wildman–Crippen MR) is 76.8 cm³/mol. The van der Waals surface area contributed by atoms with Gasteiger partial charge in [0, 0.05) is 13.1 Å². The van der Waals surface area contributed by atoms with Gasteiger partial charge in [-0.2, -0.15) is 0 Å². The highest BCUT2D eigenvalue weighted by atomic mass is 16.2. The Labute approximate surface area is 115 Å². The number of hydrogen-bond donors (Lipinski definition) is 1. The van der Waals surface area contributed by atoms with E-state index in [1.54, 1.807) is 18.3 Å². The summed E-state index contributed by atoms with van der Waals surface area (Å²) >= 11 is 0. The molecule has 4 heteroatoms. The van der Waals surface area contributed by atoms with Crippen molar-refractivity contribution in [2.24, 2.45) is 5.41 Å². The number of carbonyl (C=O) groups excluding carboxylic acids is 1. The highest BCUT2D eigenvalue weighted by molar-refractivity contribution is 5.92. The second kappa shape index (κ2) is 5.59. The van der Waals surface area contributed by atoms with Crippen molar-refractivity contribution in [2.45, 2.75) is 39.5 Å². The van der Waals surface area contributed by atoms with Crippen molar-refractivity contribution in [3.05, 3.63) is 24.0 Å². The summed E-state index contributed by atoms with van der Waals surface area (Å²) in [4.78, 5) is 18.4. The fourth-order valence-corrected chi connectivity index (χ4v) is 2.84. The molecular formula is C15H23N3O. The summed E-state index contributed by atoms with van der Waals surface area (Å²) < 4.78 is 0. The van der Waals surface area contributed by atoms with Gasteiger partial charge in [0.25, 0.3) is 5.91 Å². The fraction of sp³-hybridized carbons (Fsp3) is 0.600. The quantitative estimate of drug-likeness (QED) is 0.910. The van der Waals surface area contributed by atoms with Crippen LogP contribution in [0.4, 0.5) is 5.69 Å². The zero-order valence-electron chi connectivity index (χ0n) is 11.9. The van der Waals surface area contributed by atoms with Crippen molar-refractivity contribution in [1.82, 2.24) is 9.88 Å². The zero-order valence-corrected chi connectivity index (χ0v) is 11.9. The molecule has 19 heavy (non-hydrogen) atoms. The number of likely N-dealkylation sites (tertiary alicyclic amines) is 1. The maximum absolute atomic E-state index is 12.3. The number of hydrogen-bond acceptors (Lipinski definition) is 3. The van der Waals surface area contributed by atoms with Crippen molar-refractivity contribution >= 4 is 11.6 Å². The molecule has 1 aromatic rings. The SMILES string of the molecule is CCC1(CC)CCN(C(=O)c2ccc(N)cn2)CC1. The third-order valence-electron chi connectivity index (χ3n) is 4.62. The minimum Gasteiger partial charge on any atom is -0.397 e. The Bertz CT molecular complexity index is 427. The monoisotopic (exact) mass is 261 g/mol. The molecule has 104 valence electrons. The minimum atomic E-state index is 0.0285. The summed E-state index contributed by atoms with van der Waals surface area (Å²) in [7, 11) is 0. The van der Waals surface area contributed by atoms with Gasteiger partial charge in [-0.3, -0.25) is 4.79 Å². The number of nitrogens with two attached hydrogens (primary N) is 1. The van der Waals surface area contributed by atoms with Gasteiger partial charge in [0.2, 0.25) is 0 Å². The first-order valence-electron chi connectivity index (χ1n) is 7.11. The summed E-state index contributed by atoms with van der Waals surface area (Å²) in [5.74, 6) is 0.0285. The third-order valence-corrected chi connectivity index (χ3v) is 4.62. The average Bonchev–Trinajstić information content (AvgIpc) is 2.47. The Morgan fingerprint density at radius 3 is 2.42 bits per heavy atom. The lowest BCUT2D eigenvalue weighted by atomic mass is 9.74. The molecular weight excluding hydrogens is 238 g/mol. The maximum Gasteiger partial charge on any atom is 0.272 e. The van der Waals surface area contributed by atoms with Gasteiger partial charge in [-0.1, -0.05) is 26.7 Å². The molecule has 1 aliphatic heterocycles. The first-order valence-corrected chi connectivity index (χ1v) is 7.11. The van der Waals surface area contributed by atoms with Gasteiger partial charge in [0.05, 0.1) is 11.9 Å².